The lowest BCUT2D eigenvalue weighted by atomic mass is 9.81. The minimum absolute atomic E-state index is 0.438. The first-order chi connectivity index (χ1) is 42.4. The molecule has 0 saturated heterocycles. The highest BCUT2D eigenvalue weighted by atomic mass is 15.2. The maximum Gasteiger partial charge on any atom is 0.0703 e. The molecule has 6 nitrogen and oxygen atoms in total. The van der Waals surface area contributed by atoms with Crippen LogP contribution in [-0.4, -0.2) is 15.0 Å². The molecule has 0 fully saturated rings. The molecule has 0 bridgehead atoms. The Morgan fingerprint density at radius 2 is 0.570 bits per heavy atom. The first kappa shape index (κ1) is 49.4. The average Bonchev–Trinajstić information content (AvgIpc) is 1.53. The molecule has 86 heavy (non-hydrogen) atoms. The third-order valence-corrected chi connectivity index (χ3v) is 18.0. The fraction of sp³-hybridized carbons (Fsp3) is 0.0375. The van der Waals surface area contributed by atoms with Crippen LogP contribution >= 0.6 is 0 Å². The van der Waals surface area contributed by atoms with Gasteiger partial charge in [-0.2, -0.15) is 0 Å². The second-order valence-corrected chi connectivity index (χ2v) is 23.3. The highest BCUT2D eigenvalue weighted by Gasteiger charge is 2.38. The molecule has 0 N–H and O–H groups in total. The maximum atomic E-state index is 4.81. The van der Waals surface area contributed by atoms with Crippen LogP contribution in [0.5, 0.6) is 0 Å². The van der Waals surface area contributed by atoms with Gasteiger partial charge < -0.3 is 14.7 Å². The number of benzene rings is 13. The van der Waals surface area contributed by atoms with E-state index in [9.17, 15) is 0 Å². The van der Waals surface area contributed by atoms with Gasteiger partial charge in [0.25, 0.3) is 0 Å². The van der Waals surface area contributed by atoms with Crippen molar-refractivity contribution in [3.8, 4) is 11.1 Å². The second kappa shape index (κ2) is 19.4. The summed E-state index contributed by atoms with van der Waals surface area (Å²) in [7, 11) is 0. The second-order valence-electron chi connectivity index (χ2n) is 23.3. The summed E-state index contributed by atoms with van der Waals surface area (Å²) in [5.41, 5.74) is 17.0. The predicted octanol–water partition coefficient (Wildman–Crippen LogP) is 21.8. The zero-order valence-corrected chi connectivity index (χ0v) is 47.4. The summed E-state index contributed by atoms with van der Waals surface area (Å²) in [6.07, 6.45) is 5.62. The Morgan fingerprint density at radius 3 is 1.01 bits per heavy atom. The molecule has 0 aliphatic heterocycles. The van der Waals surface area contributed by atoms with Crippen LogP contribution in [-0.2, 0) is 5.41 Å². The summed E-state index contributed by atoms with van der Waals surface area (Å²) in [6, 6.07) is 100. The predicted molar refractivity (Wildman–Crippen MR) is 361 cm³/mol. The Morgan fingerprint density at radius 1 is 0.244 bits per heavy atom. The van der Waals surface area contributed by atoms with Crippen LogP contribution in [0.25, 0.3) is 97.7 Å². The van der Waals surface area contributed by atoms with Crippen LogP contribution in [0.2, 0.25) is 0 Å². The highest BCUT2D eigenvalue weighted by Crippen LogP contribution is 2.58. The number of nitrogens with zero attached hydrogens (tertiary/aromatic N) is 6. The van der Waals surface area contributed by atoms with E-state index in [1.807, 2.05) is 36.8 Å². The van der Waals surface area contributed by atoms with Gasteiger partial charge in [0.15, 0.2) is 0 Å². The number of anilines is 9. The van der Waals surface area contributed by atoms with E-state index >= 15 is 0 Å². The average molecular weight is 1100 g/mol. The van der Waals surface area contributed by atoms with Crippen molar-refractivity contribution in [2.45, 2.75) is 19.3 Å². The molecule has 0 spiro atoms. The summed E-state index contributed by atoms with van der Waals surface area (Å²) < 4.78 is 0. The number of fused-ring (bicyclic) bond motifs is 11. The van der Waals surface area contributed by atoms with Crippen molar-refractivity contribution in [3.05, 3.63) is 303 Å². The van der Waals surface area contributed by atoms with Crippen molar-refractivity contribution in [2.24, 2.45) is 0 Å². The van der Waals surface area contributed by atoms with Crippen LogP contribution in [0.1, 0.15) is 25.0 Å². The zero-order valence-electron chi connectivity index (χ0n) is 47.4. The van der Waals surface area contributed by atoms with Crippen molar-refractivity contribution in [2.75, 3.05) is 14.7 Å². The van der Waals surface area contributed by atoms with Crippen LogP contribution in [0, 0.1) is 0 Å². The minimum atomic E-state index is -0.438. The Labute approximate surface area is 497 Å². The molecular formula is C80H54N6. The van der Waals surface area contributed by atoms with E-state index in [1.165, 1.54) is 54.6 Å². The molecule has 3 aromatic heterocycles. The van der Waals surface area contributed by atoms with Crippen molar-refractivity contribution >= 4 is 138 Å². The number of hydrogen-bond donors (Lipinski definition) is 0. The monoisotopic (exact) mass is 1100 g/mol. The summed E-state index contributed by atoms with van der Waals surface area (Å²) in [6.45, 7) is 4.83. The lowest BCUT2D eigenvalue weighted by molar-refractivity contribution is 0.661. The van der Waals surface area contributed by atoms with Crippen LogP contribution in [0.15, 0.2) is 292 Å². The van der Waals surface area contributed by atoms with E-state index in [4.69, 9.17) is 15.0 Å². The van der Waals surface area contributed by atoms with Gasteiger partial charge in [0.2, 0.25) is 0 Å². The number of aromatic nitrogens is 3. The Hall–Kier alpha value is -11.2. The highest BCUT2D eigenvalue weighted by molar-refractivity contribution is 6.25. The fourth-order valence-electron chi connectivity index (χ4n) is 13.8. The van der Waals surface area contributed by atoms with Gasteiger partial charge in [-0.15, -0.1) is 0 Å². The quantitative estimate of drug-likeness (QED) is 0.106. The summed E-state index contributed by atoms with van der Waals surface area (Å²) in [4.78, 5) is 21.8. The van der Waals surface area contributed by atoms with Crippen molar-refractivity contribution in [1.29, 1.82) is 0 Å². The van der Waals surface area contributed by atoms with Gasteiger partial charge in [-0.25, -0.2) is 0 Å². The van der Waals surface area contributed by atoms with Gasteiger partial charge in [-0.05, 0) is 188 Å². The first-order valence-corrected chi connectivity index (χ1v) is 29.5. The van der Waals surface area contributed by atoms with E-state index in [-0.39, 0.29) is 0 Å². The number of hydrogen-bond acceptors (Lipinski definition) is 6. The van der Waals surface area contributed by atoms with Crippen LogP contribution in [0.3, 0.4) is 0 Å². The molecule has 0 atom stereocenters. The molecule has 1 aliphatic rings. The standard InChI is InChI=1S/C80H54N6/c1-80(2)73-48-66(84(60-28-25-51-14-3-6-17-54(51)42-60)61-32-36-75-57(45-61)20-11-39-81-75)31-35-67(73)70-49-71-72(50-74(70)80)79(86(63-30-27-53-16-5-8-19-56(53)44-63)65-34-38-77-59(47-65)22-13-41-83-77)69-24-10-9-23-68(69)78(71)85(62-29-26-52-15-4-7-18-55(52)43-62)64-33-37-76-58(46-64)21-12-40-82-76/h3-50H,1-2H3. The van der Waals surface area contributed by atoms with Gasteiger partial charge >= 0.3 is 0 Å². The largest absolute Gasteiger partial charge is 0.310 e. The smallest absolute Gasteiger partial charge is 0.0703 e. The fourth-order valence-corrected chi connectivity index (χ4v) is 13.8. The van der Waals surface area contributed by atoms with E-state index in [2.05, 4.69) is 283 Å². The van der Waals surface area contributed by atoms with Crippen molar-refractivity contribution in [1.82, 2.24) is 15.0 Å². The van der Waals surface area contributed by atoms with Gasteiger partial charge in [0.05, 0.1) is 27.9 Å². The zero-order chi connectivity index (χ0) is 57.0. The van der Waals surface area contributed by atoms with E-state index in [1.54, 1.807) is 0 Å². The van der Waals surface area contributed by atoms with Gasteiger partial charge in [0, 0.05) is 102 Å². The molecule has 17 rings (SSSR count). The third-order valence-electron chi connectivity index (χ3n) is 18.0. The lowest BCUT2D eigenvalue weighted by Gasteiger charge is -2.34. The van der Waals surface area contributed by atoms with Crippen molar-refractivity contribution in [3.63, 3.8) is 0 Å². The summed E-state index contributed by atoms with van der Waals surface area (Å²) in [5.74, 6) is 0. The molecule has 13 aromatic carbocycles. The summed E-state index contributed by atoms with van der Waals surface area (Å²) in [5, 5.41) is 14.8. The Balaban J connectivity index is 0.969. The SMILES string of the molecule is CC1(C)c2cc(N(c3ccc4ccccc4c3)c3ccc4ncccc4c3)ccc2-c2cc3c(N(c4ccc5ccccc5c4)c4ccc5ncccc5c4)c4ccccc4c(N(c4ccc5ccccc5c4)c4ccc5ncccc5c4)c3cc21. The molecule has 0 saturated carbocycles. The van der Waals surface area contributed by atoms with Crippen LogP contribution in [0.4, 0.5) is 51.2 Å². The van der Waals surface area contributed by atoms with Gasteiger partial charge in [0.1, 0.15) is 0 Å². The lowest BCUT2D eigenvalue weighted by Crippen LogP contribution is -2.17. The first-order valence-electron chi connectivity index (χ1n) is 29.5. The number of rotatable bonds is 9. The molecule has 3 heterocycles. The molecule has 0 unspecified atom stereocenters. The molecule has 16 aromatic rings. The molecular weight excluding hydrogens is 1040 g/mol. The van der Waals surface area contributed by atoms with Crippen molar-refractivity contribution < 1.29 is 0 Å². The van der Waals surface area contributed by atoms with E-state index in [0.717, 1.165) is 105 Å². The summed E-state index contributed by atoms with van der Waals surface area (Å²) >= 11 is 0. The van der Waals surface area contributed by atoms with E-state index < -0.39 is 5.41 Å². The molecule has 6 heteroatoms. The molecule has 0 radical (unpaired) electrons. The maximum absolute atomic E-state index is 4.81. The minimum Gasteiger partial charge on any atom is -0.310 e. The third kappa shape index (κ3) is 7.98. The Bertz CT molecular complexity index is 5220. The molecule has 404 valence electrons. The van der Waals surface area contributed by atoms with Gasteiger partial charge in [-0.3, -0.25) is 15.0 Å². The van der Waals surface area contributed by atoms with Crippen LogP contribution < -0.4 is 14.7 Å². The topological polar surface area (TPSA) is 48.4 Å². The molecule has 0 amide bonds. The van der Waals surface area contributed by atoms with E-state index in [0.29, 0.717) is 0 Å². The number of pyridine rings is 3. The Kier molecular flexibility index (Phi) is 11.2. The van der Waals surface area contributed by atoms with Gasteiger partial charge in [-0.1, -0.05) is 153 Å². The normalized spacial score (nSPS) is 12.6. The molecule has 1 aliphatic carbocycles.